The zero-order valence-corrected chi connectivity index (χ0v) is 14.3. The second-order valence-corrected chi connectivity index (χ2v) is 6.08. The molecular weight excluding hydrogens is 286 g/mol. The summed E-state index contributed by atoms with van der Waals surface area (Å²) < 4.78 is 5.37. The Morgan fingerprint density at radius 1 is 1.04 bits per heavy atom. The van der Waals surface area contributed by atoms with E-state index in [9.17, 15) is 4.79 Å². The number of para-hydroxylation sites is 1. The number of Topliss-reactive ketones (excluding diaryl/α,β-unsaturated/α-hetero) is 1. The lowest BCUT2D eigenvalue weighted by Gasteiger charge is -2.25. The summed E-state index contributed by atoms with van der Waals surface area (Å²) in [5, 5.41) is 0. The van der Waals surface area contributed by atoms with Crippen molar-refractivity contribution < 1.29 is 9.53 Å². The zero-order chi connectivity index (χ0) is 16.8. The molecule has 0 saturated heterocycles. The summed E-state index contributed by atoms with van der Waals surface area (Å²) in [6, 6.07) is 17.8. The summed E-state index contributed by atoms with van der Waals surface area (Å²) in [5.41, 5.74) is 1.70. The molecule has 0 bridgehead atoms. The molecular formula is C20H25NO2. The summed E-state index contributed by atoms with van der Waals surface area (Å²) in [6.45, 7) is 2.14. The summed E-state index contributed by atoms with van der Waals surface area (Å²) in [6.07, 6.45) is 0.772. The van der Waals surface area contributed by atoms with Crippen molar-refractivity contribution in [1.29, 1.82) is 0 Å². The fraction of sp³-hybridized carbons (Fsp3) is 0.350. The lowest BCUT2D eigenvalue weighted by atomic mass is 9.85. The molecule has 2 aromatic carbocycles. The van der Waals surface area contributed by atoms with Crippen LogP contribution in [-0.2, 0) is 0 Å². The first-order chi connectivity index (χ1) is 11.0. The largest absolute Gasteiger partial charge is 0.496 e. The van der Waals surface area contributed by atoms with Crippen LogP contribution in [0.25, 0.3) is 0 Å². The number of ether oxygens (including phenoxy) is 1. The number of carbonyl (C=O) groups excluding carboxylic acids is 1. The Kier molecular flexibility index (Phi) is 5.94. The molecule has 0 radical (unpaired) electrons. The summed E-state index contributed by atoms with van der Waals surface area (Å²) in [4.78, 5) is 15.3. The number of nitrogens with zero attached hydrogens (tertiary/aromatic N) is 1. The molecule has 122 valence electrons. The Bertz CT molecular complexity index is 637. The van der Waals surface area contributed by atoms with Crippen LogP contribution in [0.1, 0.15) is 35.2 Å². The maximum Gasteiger partial charge on any atom is 0.174 e. The van der Waals surface area contributed by atoms with E-state index in [2.05, 4.69) is 11.8 Å². The van der Waals surface area contributed by atoms with Gasteiger partial charge in [-0.2, -0.15) is 0 Å². The first kappa shape index (κ1) is 17.2. The van der Waals surface area contributed by atoms with E-state index in [-0.39, 0.29) is 11.7 Å². The number of ketones is 1. The third-order valence-electron chi connectivity index (χ3n) is 4.35. The maximum atomic E-state index is 13.2. The Labute approximate surface area is 138 Å². The van der Waals surface area contributed by atoms with E-state index >= 15 is 0 Å². The van der Waals surface area contributed by atoms with E-state index < -0.39 is 0 Å². The fourth-order valence-corrected chi connectivity index (χ4v) is 2.67. The van der Waals surface area contributed by atoms with Crippen molar-refractivity contribution in [1.82, 2.24) is 4.90 Å². The molecule has 2 unspecified atom stereocenters. The van der Waals surface area contributed by atoms with E-state index in [0.717, 1.165) is 12.0 Å². The topological polar surface area (TPSA) is 29.5 Å². The zero-order valence-electron chi connectivity index (χ0n) is 14.3. The van der Waals surface area contributed by atoms with Crippen LogP contribution in [-0.4, -0.2) is 37.9 Å². The highest BCUT2D eigenvalue weighted by Gasteiger charge is 2.26. The van der Waals surface area contributed by atoms with E-state index in [1.807, 2.05) is 68.7 Å². The summed E-state index contributed by atoms with van der Waals surface area (Å²) in [5.74, 6) is 0.572. The molecule has 0 aliphatic heterocycles. The fourth-order valence-electron chi connectivity index (χ4n) is 2.67. The number of hydrogen-bond acceptors (Lipinski definition) is 3. The van der Waals surface area contributed by atoms with Crippen molar-refractivity contribution >= 4 is 5.78 Å². The Balaban J connectivity index is 2.38. The second kappa shape index (κ2) is 7.93. The molecule has 3 nitrogen and oxygen atoms in total. The molecule has 0 spiro atoms. The normalized spacial score (nSPS) is 13.6. The van der Waals surface area contributed by atoms with E-state index in [1.54, 1.807) is 7.11 Å². The van der Waals surface area contributed by atoms with Crippen molar-refractivity contribution in [3.63, 3.8) is 0 Å². The third kappa shape index (κ3) is 4.20. The minimum Gasteiger partial charge on any atom is -0.496 e. The number of hydrogen-bond donors (Lipinski definition) is 0. The van der Waals surface area contributed by atoms with Gasteiger partial charge in [0.05, 0.1) is 12.7 Å². The molecule has 0 heterocycles. The Morgan fingerprint density at radius 2 is 1.65 bits per heavy atom. The third-order valence-corrected chi connectivity index (χ3v) is 4.35. The van der Waals surface area contributed by atoms with Crippen LogP contribution >= 0.6 is 0 Å². The van der Waals surface area contributed by atoms with Gasteiger partial charge >= 0.3 is 0 Å². The van der Waals surface area contributed by atoms with Gasteiger partial charge in [-0.15, -0.1) is 0 Å². The van der Waals surface area contributed by atoms with Crippen molar-refractivity contribution in [2.75, 3.05) is 21.2 Å². The molecule has 0 amide bonds. The molecule has 3 heteroatoms. The number of methoxy groups -OCH3 is 1. The predicted molar refractivity (Wildman–Crippen MR) is 94.3 cm³/mol. The number of carbonyl (C=O) groups is 1. The highest BCUT2D eigenvalue weighted by molar-refractivity contribution is 6.03. The predicted octanol–water partition coefficient (Wildman–Crippen LogP) is 4.00. The van der Waals surface area contributed by atoms with E-state index in [0.29, 0.717) is 17.4 Å². The first-order valence-corrected chi connectivity index (χ1v) is 7.93. The second-order valence-electron chi connectivity index (χ2n) is 6.08. The minimum atomic E-state index is -0.176. The van der Waals surface area contributed by atoms with Gasteiger partial charge in [0.25, 0.3) is 0 Å². The molecule has 23 heavy (non-hydrogen) atoms. The molecule has 0 fully saturated rings. The SMILES string of the molecule is COc1ccccc1C(=O)C(CC(C)N(C)C)c1ccccc1. The van der Waals surface area contributed by atoms with Crippen molar-refractivity contribution in [3.05, 3.63) is 65.7 Å². The van der Waals surface area contributed by atoms with Gasteiger partial charge in [0.1, 0.15) is 5.75 Å². The van der Waals surface area contributed by atoms with Crippen molar-refractivity contribution in [2.24, 2.45) is 0 Å². The van der Waals surface area contributed by atoms with Gasteiger partial charge in [-0.1, -0.05) is 42.5 Å². The van der Waals surface area contributed by atoms with Gasteiger partial charge in [-0.05, 0) is 45.1 Å². The van der Waals surface area contributed by atoms with Crippen LogP contribution < -0.4 is 4.74 Å². The van der Waals surface area contributed by atoms with Crippen molar-refractivity contribution in [3.8, 4) is 5.75 Å². The summed E-state index contributed by atoms with van der Waals surface area (Å²) >= 11 is 0. The molecule has 0 N–H and O–H groups in total. The van der Waals surface area contributed by atoms with Crippen LogP contribution in [0.4, 0.5) is 0 Å². The average Bonchev–Trinajstić information content (AvgIpc) is 2.59. The lowest BCUT2D eigenvalue weighted by molar-refractivity contribution is 0.0938. The standard InChI is InChI=1S/C20H25NO2/c1-15(21(2)3)14-18(16-10-6-5-7-11-16)20(22)17-12-8-9-13-19(17)23-4/h5-13,15,18H,14H2,1-4H3. The van der Waals surface area contributed by atoms with E-state index in [4.69, 9.17) is 4.74 Å². The Morgan fingerprint density at radius 3 is 2.26 bits per heavy atom. The van der Waals surface area contributed by atoms with Gasteiger partial charge in [-0.3, -0.25) is 4.79 Å². The average molecular weight is 311 g/mol. The monoisotopic (exact) mass is 311 g/mol. The Hall–Kier alpha value is -2.13. The minimum absolute atomic E-state index is 0.113. The van der Waals surface area contributed by atoms with Crippen LogP contribution in [0.15, 0.2) is 54.6 Å². The maximum absolute atomic E-state index is 13.2. The highest BCUT2D eigenvalue weighted by Crippen LogP contribution is 2.30. The van der Waals surface area contributed by atoms with Gasteiger partial charge in [0.15, 0.2) is 5.78 Å². The number of benzene rings is 2. The van der Waals surface area contributed by atoms with Gasteiger partial charge in [0, 0.05) is 12.0 Å². The van der Waals surface area contributed by atoms with Crippen molar-refractivity contribution in [2.45, 2.75) is 25.3 Å². The van der Waals surface area contributed by atoms with Gasteiger partial charge < -0.3 is 9.64 Å². The number of rotatable bonds is 7. The molecule has 2 aromatic rings. The van der Waals surface area contributed by atoms with Crippen LogP contribution in [0, 0.1) is 0 Å². The molecule has 0 aliphatic rings. The molecule has 0 aromatic heterocycles. The highest BCUT2D eigenvalue weighted by atomic mass is 16.5. The smallest absolute Gasteiger partial charge is 0.174 e. The summed E-state index contributed by atoms with van der Waals surface area (Å²) in [7, 11) is 5.69. The molecule has 0 saturated carbocycles. The van der Waals surface area contributed by atoms with Crippen LogP contribution in [0.5, 0.6) is 5.75 Å². The molecule has 2 rings (SSSR count). The first-order valence-electron chi connectivity index (χ1n) is 7.93. The van der Waals surface area contributed by atoms with Crippen LogP contribution in [0.3, 0.4) is 0 Å². The van der Waals surface area contributed by atoms with Crippen LogP contribution in [0.2, 0.25) is 0 Å². The quantitative estimate of drug-likeness (QED) is 0.724. The van der Waals surface area contributed by atoms with Gasteiger partial charge in [0.2, 0.25) is 0 Å². The lowest BCUT2D eigenvalue weighted by Crippen LogP contribution is -2.29. The van der Waals surface area contributed by atoms with E-state index in [1.165, 1.54) is 0 Å². The van der Waals surface area contributed by atoms with Gasteiger partial charge in [-0.25, -0.2) is 0 Å². The molecule has 0 aliphatic carbocycles. The molecule has 2 atom stereocenters.